The standard InChI is InChI=1S/C16H19N3O3S/c17-5-1-2-6-18-15(20)8-12-9-23-16(19-12)11-3-4-13-14(7-11)22-10-21-13/h3-4,7,9H,1-2,5-6,8,10,17H2,(H,18,20). The molecule has 2 heterocycles. The van der Waals surface area contributed by atoms with Gasteiger partial charge in [-0.25, -0.2) is 4.98 Å². The second-order valence-corrected chi connectivity index (χ2v) is 6.09. The van der Waals surface area contributed by atoms with E-state index in [0.29, 0.717) is 19.5 Å². The van der Waals surface area contributed by atoms with Crippen LogP contribution in [-0.2, 0) is 11.2 Å². The van der Waals surface area contributed by atoms with Crippen LogP contribution < -0.4 is 20.5 Å². The van der Waals surface area contributed by atoms with Crippen LogP contribution >= 0.6 is 11.3 Å². The Morgan fingerprint density at radius 1 is 1.30 bits per heavy atom. The lowest BCUT2D eigenvalue weighted by atomic mass is 10.2. The third kappa shape index (κ3) is 4.00. The smallest absolute Gasteiger partial charge is 0.231 e. The van der Waals surface area contributed by atoms with Gasteiger partial charge in [-0.05, 0) is 37.6 Å². The van der Waals surface area contributed by atoms with Crippen LogP contribution in [-0.4, -0.2) is 30.8 Å². The van der Waals surface area contributed by atoms with Crippen LogP contribution in [0.25, 0.3) is 10.6 Å². The van der Waals surface area contributed by atoms with Gasteiger partial charge in [0.25, 0.3) is 0 Å². The number of carbonyl (C=O) groups is 1. The van der Waals surface area contributed by atoms with Gasteiger partial charge in [0.2, 0.25) is 12.7 Å². The molecule has 1 aliphatic heterocycles. The molecule has 3 rings (SSSR count). The van der Waals surface area contributed by atoms with E-state index in [4.69, 9.17) is 15.2 Å². The molecule has 6 nitrogen and oxygen atoms in total. The molecule has 1 amide bonds. The van der Waals surface area contributed by atoms with Gasteiger partial charge in [0.05, 0.1) is 12.1 Å². The lowest BCUT2D eigenvalue weighted by molar-refractivity contribution is -0.120. The minimum absolute atomic E-state index is 0.00967. The van der Waals surface area contributed by atoms with Gasteiger partial charge in [0.15, 0.2) is 11.5 Å². The van der Waals surface area contributed by atoms with E-state index in [0.717, 1.165) is 40.6 Å². The summed E-state index contributed by atoms with van der Waals surface area (Å²) < 4.78 is 10.7. The highest BCUT2D eigenvalue weighted by atomic mass is 32.1. The predicted molar refractivity (Wildman–Crippen MR) is 88.7 cm³/mol. The van der Waals surface area contributed by atoms with Crippen LogP contribution in [0.3, 0.4) is 0 Å². The van der Waals surface area contributed by atoms with Crippen LogP contribution in [0.2, 0.25) is 0 Å². The number of fused-ring (bicyclic) bond motifs is 1. The summed E-state index contributed by atoms with van der Waals surface area (Å²) in [6.07, 6.45) is 2.12. The predicted octanol–water partition coefficient (Wildman–Crippen LogP) is 1.94. The number of nitrogens with one attached hydrogen (secondary N) is 1. The number of amides is 1. The number of benzene rings is 1. The first-order valence-corrected chi connectivity index (χ1v) is 8.45. The second-order valence-electron chi connectivity index (χ2n) is 5.23. The van der Waals surface area contributed by atoms with E-state index in [-0.39, 0.29) is 12.7 Å². The van der Waals surface area contributed by atoms with E-state index in [1.54, 1.807) is 0 Å². The maximum Gasteiger partial charge on any atom is 0.231 e. The largest absolute Gasteiger partial charge is 0.454 e. The zero-order chi connectivity index (χ0) is 16.1. The molecule has 0 spiro atoms. The number of carbonyl (C=O) groups excluding carboxylic acids is 1. The average molecular weight is 333 g/mol. The number of unbranched alkanes of at least 4 members (excludes halogenated alkanes) is 1. The van der Waals surface area contributed by atoms with E-state index in [1.807, 2.05) is 23.6 Å². The molecule has 23 heavy (non-hydrogen) atoms. The highest BCUT2D eigenvalue weighted by Gasteiger charge is 2.15. The number of hydrogen-bond donors (Lipinski definition) is 2. The molecule has 1 aromatic heterocycles. The average Bonchev–Trinajstić information content (AvgIpc) is 3.19. The van der Waals surface area contributed by atoms with Crippen LogP contribution in [0.1, 0.15) is 18.5 Å². The summed E-state index contributed by atoms with van der Waals surface area (Å²) in [6.45, 7) is 1.57. The molecule has 0 atom stereocenters. The maximum absolute atomic E-state index is 11.9. The number of nitrogens with two attached hydrogens (primary N) is 1. The van der Waals surface area contributed by atoms with Crippen molar-refractivity contribution in [3.63, 3.8) is 0 Å². The van der Waals surface area contributed by atoms with E-state index in [1.165, 1.54) is 11.3 Å². The first-order chi connectivity index (χ1) is 11.3. The van der Waals surface area contributed by atoms with Crippen molar-refractivity contribution in [3.05, 3.63) is 29.3 Å². The molecule has 0 saturated carbocycles. The molecule has 122 valence electrons. The Hall–Kier alpha value is -2.12. The minimum Gasteiger partial charge on any atom is -0.454 e. The third-order valence-corrected chi connectivity index (χ3v) is 4.41. The molecule has 0 saturated heterocycles. The molecule has 7 heteroatoms. The molecular weight excluding hydrogens is 314 g/mol. The summed E-state index contributed by atoms with van der Waals surface area (Å²) in [5, 5.41) is 5.67. The molecule has 1 aliphatic rings. The molecule has 0 radical (unpaired) electrons. The zero-order valence-corrected chi connectivity index (χ0v) is 13.5. The first-order valence-electron chi connectivity index (χ1n) is 7.57. The Bertz CT molecular complexity index is 687. The highest BCUT2D eigenvalue weighted by Crippen LogP contribution is 2.36. The van der Waals surface area contributed by atoms with E-state index >= 15 is 0 Å². The summed E-state index contributed by atoms with van der Waals surface area (Å²) in [4.78, 5) is 16.4. The molecule has 0 bridgehead atoms. The van der Waals surface area contributed by atoms with Crippen molar-refractivity contribution in [2.24, 2.45) is 5.73 Å². The Morgan fingerprint density at radius 2 is 2.17 bits per heavy atom. The van der Waals surface area contributed by atoms with Gasteiger partial charge >= 0.3 is 0 Å². The van der Waals surface area contributed by atoms with Gasteiger partial charge in [-0.15, -0.1) is 11.3 Å². The summed E-state index contributed by atoms with van der Waals surface area (Å²) >= 11 is 1.52. The fourth-order valence-corrected chi connectivity index (χ4v) is 3.09. The van der Waals surface area contributed by atoms with Crippen LogP contribution in [0, 0.1) is 0 Å². The van der Waals surface area contributed by atoms with Gasteiger partial charge in [0, 0.05) is 17.5 Å². The van der Waals surface area contributed by atoms with Crippen LogP contribution in [0.5, 0.6) is 11.5 Å². The number of rotatable bonds is 7. The van der Waals surface area contributed by atoms with Gasteiger partial charge in [-0.1, -0.05) is 0 Å². The number of hydrogen-bond acceptors (Lipinski definition) is 6. The third-order valence-electron chi connectivity index (χ3n) is 3.47. The highest BCUT2D eigenvalue weighted by molar-refractivity contribution is 7.13. The zero-order valence-electron chi connectivity index (χ0n) is 12.7. The van der Waals surface area contributed by atoms with Gasteiger partial charge < -0.3 is 20.5 Å². The van der Waals surface area contributed by atoms with Gasteiger partial charge in [-0.3, -0.25) is 4.79 Å². The second kappa shape index (κ2) is 7.43. The van der Waals surface area contributed by atoms with Gasteiger partial charge in [0.1, 0.15) is 5.01 Å². The summed E-state index contributed by atoms with van der Waals surface area (Å²) in [5.41, 5.74) is 7.17. The maximum atomic E-state index is 11.9. The van der Waals surface area contributed by atoms with Crippen molar-refractivity contribution in [2.45, 2.75) is 19.3 Å². The number of nitrogens with zero attached hydrogens (tertiary/aromatic N) is 1. The molecule has 1 aromatic carbocycles. The first kappa shape index (κ1) is 15.8. The Morgan fingerprint density at radius 3 is 3.04 bits per heavy atom. The molecular formula is C16H19N3O3S. The normalized spacial score (nSPS) is 12.4. The van der Waals surface area contributed by atoms with Crippen molar-refractivity contribution in [2.75, 3.05) is 19.9 Å². The van der Waals surface area contributed by atoms with E-state index < -0.39 is 0 Å². The van der Waals surface area contributed by atoms with Crippen molar-refractivity contribution < 1.29 is 14.3 Å². The molecule has 0 unspecified atom stereocenters. The fourth-order valence-electron chi connectivity index (χ4n) is 2.27. The lowest BCUT2D eigenvalue weighted by Gasteiger charge is -2.03. The van der Waals surface area contributed by atoms with Gasteiger partial charge in [-0.2, -0.15) is 0 Å². The van der Waals surface area contributed by atoms with Crippen molar-refractivity contribution in [3.8, 4) is 22.1 Å². The number of ether oxygens (including phenoxy) is 2. The molecule has 0 fully saturated rings. The van der Waals surface area contributed by atoms with Crippen molar-refractivity contribution in [1.82, 2.24) is 10.3 Å². The molecule has 0 aliphatic carbocycles. The molecule has 2 aromatic rings. The quantitative estimate of drug-likeness (QED) is 0.756. The number of thiazole rings is 1. The monoisotopic (exact) mass is 333 g/mol. The minimum atomic E-state index is -0.00967. The van der Waals surface area contributed by atoms with Crippen LogP contribution in [0.15, 0.2) is 23.6 Å². The topological polar surface area (TPSA) is 86.5 Å². The van der Waals surface area contributed by atoms with E-state index in [9.17, 15) is 4.79 Å². The SMILES string of the molecule is NCCCCNC(=O)Cc1csc(-c2ccc3c(c2)OCO3)n1. The van der Waals surface area contributed by atoms with Crippen LogP contribution in [0.4, 0.5) is 0 Å². The molecule has 3 N–H and O–H groups in total. The van der Waals surface area contributed by atoms with Crippen molar-refractivity contribution >= 4 is 17.2 Å². The fraction of sp³-hybridized carbons (Fsp3) is 0.375. The Balaban J connectivity index is 1.58. The summed E-state index contributed by atoms with van der Waals surface area (Å²) in [7, 11) is 0. The lowest BCUT2D eigenvalue weighted by Crippen LogP contribution is -2.26. The van der Waals surface area contributed by atoms with Crippen molar-refractivity contribution in [1.29, 1.82) is 0 Å². The summed E-state index contributed by atoms with van der Waals surface area (Å²) in [6, 6.07) is 5.74. The number of aromatic nitrogens is 1. The summed E-state index contributed by atoms with van der Waals surface area (Å²) in [5.74, 6) is 1.48. The Kier molecular flexibility index (Phi) is 5.09. The van der Waals surface area contributed by atoms with E-state index in [2.05, 4.69) is 10.3 Å². The Labute approximate surface area is 138 Å².